The maximum Gasteiger partial charge on any atom is 0.337 e. The summed E-state index contributed by atoms with van der Waals surface area (Å²) in [6, 6.07) is 11.1. The lowest BCUT2D eigenvalue weighted by molar-refractivity contribution is 0.551. The van der Waals surface area contributed by atoms with E-state index in [-0.39, 0.29) is 5.63 Å². The van der Waals surface area contributed by atoms with Crippen LogP contribution in [0.3, 0.4) is 0 Å². The molecule has 78 valence electrons. The van der Waals surface area contributed by atoms with Gasteiger partial charge in [0.15, 0.2) is 0 Å². The number of nitrogens with zero attached hydrogens (tertiary/aromatic N) is 1. The summed E-state index contributed by atoms with van der Waals surface area (Å²) in [6.07, 6.45) is 0. The number of aromatic nitrogens is 1. The Bertz CT molecular complexity index is 744. The van der Waals surface area contributed by atoms with Gasteiger partial charge < -0.3 is 4.42 Å². The van der Waals surface area contributed by atoms with Crippen molar-refractivity contribution in [2.45, 2.75) is 6.92 Å². The molecule has 3 rings (SSSR count). The molecule has 0 aliphatic rings. The van der Waals surface area contributed by atoms with Crippen LogP contribution in [-0.4, -0.2) is 4.98 Å². The van der Waals surface area contributed by atoms with Crippen molar-refractivity contribution in [3.8, 4) is 0 Å². The molecule has 2 heterocycles. The van der Waals surface area contributed by atoms with Gasteiger partial charge in [-0.3, -0.25) is 0 Å². The number of rotatable bonds is 0. The largest absolute Gasteiger partial charge is 0.404 e. The van der Waals surface area contributed by atoms with Crippen LogP contribution in [0.5, 0.6) is 0 Å². The zero-order valence-electron chi connectivity index (χ0n) is 8.73. The van der Waals surface area contributed by atoms with Gasteiger partial charge in [-0.25, -0.2) is 9.78 Å². The molecule has 0 atom stereocenters. The molecule has 3 heteroatoms. The summed E-state index contributed by atoms with van der Waals surface area (Å²) in [6.45, 7) is 1.99. The van der Waals surface area contributed by atoms with Crippen molar-refractivity contribution >= 4 is 22.0 Å². The molecule has 0 fully saturated rings. The Morgan fingerprint density at radius 2 is 2.00 bits per heavy atom. The smallest absolute Gasteiger partial charge is 0.337 e. The van der Waals surface area contributed by atoms with Crippen LogP contribution in [0.4, 0.5) is 0 Å². The first-order chi connectivity index (χ1) is 7.74. The van der Waals surface area contributed by atoms with Gasteiger partial charge in [0, 0.05) is 16.8 Å². The Labute approximate surface area is 91.3 Å². The number of aryl methyl sites for hydroxylation is 1. The molecule has 0 amide bonds. The molecule has 0 spiro atoms. The number of hydrogen-bond donors (Lipinski definition) is 0. The molecular weight excluding hydrogens is 202 g/mol. The summed E-state index contributed by atoms with van der Waals surface area (Å²) in [7, 11) is 0. The number of fused-ring (bicyclic) bond motifs is 2. The molecule has 3 aromatic rings. The van der Waals surface area contributed by atoms with Gasteiger partial charge in [-0.05, 0) is 24.6 Å². The molecule has 16 heavy (non-hydrogen) atoms. The zero-order chi connectivity index (χ0) is 11.1. The number of para-hydroxylation sites is 1. The Morgan fingerprint density at radius 1 is 1.12 bits per heavy atom. The van der Waals surface area contributed by atoms with E-state index in [4.69, 9.17) is 4.42 Å². The first kappa shape index (κ1) is 9.09. The summed E-state index contributed by atoms with van der Waals surface area (Å²) < 4.78 is 5.06. The third-order valence-corrected chi connectivity index (χ3v) is 2.64. The molecule has 0 bridgehead atoms. The summed E-state index contributed by atoms with van der Waals surface area (Å²) in [5.74, 6) is 0. The Kier molecular flexibility index (Phi) is 1.80. The minimum Gasteiger partial charge on any atom is -0.404 e. The van der Waals surface area contributed by atoms with Crippen LogP contribution in [-0.2, 0) is 0 Å². The van der Waals surface area contributed by atoms with Crippen LogP contribution in [0.25, 0.3) is 22.0 Å². The van der Waals surface area contributed by atoms with Gasteiger partial charge in [-0.1, -0.05) is 18.2 Å². The zero-order valence-corrected chi connectivity index (χ0v) is 8.73. The van der Waals surface area contributed by atoms with E-state index in [0.29, 0.717) is 5.71 Å². The van der Waals surface area contributed by atoms with E-state index in [1.165, 1.54) is 6.07 Å². The topological polar surface area (TPSA) is 43.1 Å². The lowest BCUT2D eigenvalue weighted by Gasteiger charge is -2.02. The van der Waals surface area contributed by atoms with E-state index in [0.717, 1.165) is 21.9 Å². The van der Waals surface area contributed by atoms with Gasteiger partial charge in [0.05, 0.1) is 5.52 Å². The van der Waals surface area contributed by atoms with Crippen molar-refractivity contribution in [2.75, 3.05) is 0 Å². The van der Waals surface area contributed by atoms with Crippen molar-refractivity contribution in [1.82, 2.24) is 4.98 Å². The highest BCUT2D eigenvalue weighted by atomic mass is 16.4. The van der Waals surface area contributed by atoms with Crippen molar-refractivity contribution in [3.63, 3.8) is 0 Å². The molecule has 0 aliphatic heterocycles. The first-order valence-corrected chi connectivity index (χ1v) is 5.04. The molecule has 1 aromatic carbocycles. The van der Waals surface area contributed by atoms with Crippen molar-refractivity contribution in [2.24, 2.45) is 0 Å². The van der Waals surface area contributed by atoms with E-state index < -0.39 is 0 Å². The van der Waals surface area contributed by atoms with Crippen LogP contribution in [0.2, 0.25) is 0 Å². The summed E-state index contributed by atoms with van der Waals surface area (Å²) in [5.41, 5.74) is 1.98. The van der Waals surface area contributed by atoms with Gasteiger partial charge >= 0.3 is 5.63 Å². The standard InChI is InChI=1S/C13H9NO2/c1-8-3-2-4-9-7-10-5-6-11(15)16-13(10)14-12(8)9/h2-7H,1H3. The Balaban J connectivity index is 2.54. The molecule has 0 unspecified atom stereocenters. The summed E-state index contributed by atoms with van der Waals surface area (Å²) in [4.78, 5) is 15.5. The normalized spacial score (nSPS) is 11.1. The lowest BCUT2D eigenvalue weighted by atomic mass is 10.1. The maximum atomic E-state index is 11.1. The molecule has 0 N–H and O–H groups in total. The summed E-state index contributed by atoms with van der Waals surface area (Å²) in [5, 5.41) is 1.90. The molecule has 0 saturated carbocycles. The highest BCUT2D eigenvalue weighted by molar-refractivity contribution is 5.91. The van der Waals surface area contributed by atoms with Gasteiger partial charge in [-0.2, -0.15) is 0 Å². The van der Waals surface area contributed by atoms with Crippen LogP contribution >= 0.6 is 0 Å². The van der Waals surface area contributed by atoms with E-state index in [1.807, 2.05) is 31.2 Å². The van der Waals surface area contributed by atoms with Gasteiger partial charge in [0.1, 0.15) is 0 Å². The Hall–Kier alpha value is -2.16. The second-order valence-electron chi connectivity index (χ2n) is 3.78. The fraction of sp³-hybridized carbons (Fsp3) is 0.0769. The SMILES string of the molecule is Cc1cccc2cc3ccc(=O)oc3nc12. The molecule has 3 nitrogen and oxygen atoms in total. The molecule has 2 aromatic heterocycles. The molecule has 0 radical (unpaired) electrons. The van der Waals surface area contributed by atoms with E-state index in [9.17, 15) is 4.79 Å². The second kappa shape index (κ2) is 3.17. The highest BCUT2D eigenvalue weighted by Crippen LogP contribution is 2.20. The fourth-order valence-electron chi connectivity index (χ4n) is 1.83. The van der Waals surface area contributed by atoms with E-state index in [1.54, 1.807) is 6.07 Å². The van der Waals surface area contributed by atoms with Crippen LogP contribution in [0.15, 0.2) is 45.6 Å². The van der Waals surface area contributed by atoms with Crippen molar-refractivity contribution < 1.29 is 4.42 Å². The Morgan fingerprint density at radius 3 is 2.88 bits per heavy atom. The predicted molar refractivity (Wildman–Crippen MR) is 62.5 cm³/mol. The number of hydrogen-bond acceptors (Lipinski definition) is 3. The number of pyridine rings is 1. The van der Waals surface area contributed by atoms with Gasteiger partial charge in [0.25, 0.3) is 0 Å². The van der Waals surface area contributed by atoms with Gasteiger partial charge in [0.2, 0.25) is 5.71 Å². The average Bonchev–Trinajstić information content (AvgIpc) is 2.28. The molecular formula is C13H9NO2. The fourth-order valence-corrected chi connectivity index (χ4v) is 1.83. The number of benzene rings is 1. The lowest BCUT2D eigenvalue weighted by Crippen LogP contribution is -1.96. The predicted octanol–water partition coefficient (Wildman–Crippen LogP) is 2.65. The van der Waals surface area contributed by atoms with Crippen LogP contribution < -0.4 is 5.63 Å². The van der Waals surface area contributed by atoms with Crippen molar-refractivity contribution in [3.05, 3.63) is 52.4 Å². The third kappa shape index (κ3) is 1.29. The monoisotopic (exact) mass is 211 g/mol. The maximum absolute atomic E-state index is 11.1. The quantitative estimate of drug-likeness (QED) is 0.537. The second-order valence-corrected chi connectivity index (χ2v) is 3.78. The minimum absolute atomic E-state index is 0.368. The summed E-state index contributed by atoms with van der Waals surface area (Å²) >= 11 is 0. The van der Waals surface area contributed by atoms with Gasteiger partial charge in [-0.15, -0.1) is 0 Å². The third-order valence-electron chi connectivity index (χ3n) is 2.64. The van der Waals surface area contributed by atoms with E-state index >= 15 is 0 Å². The minimum atomic E-state index is -0.368. The average molecular weight is 211 g/mol. The van der Waals surface area contributed by atoms with Crippen LogP contribution in [0.1, 0.15) is 5.56 Å². The first-order valence-electron chi connectivity index (χ1n) is 5.04. The molecule has 0 aliphatic carbocycles. The van der Waals surface area contributed by atoms with Crippen molar-refractivity contribution in [1.29, 1.82) is 0 Å². The van der Waals surface area contributed by atoms with E-state index in [2.05, 4.69) is 4.98 Å². The van der Waals surface area contributed by atoms with Crippen LogP contribution in [0, 0.1) is 6.92 Å². The molecule has 0 saturated heterocycles. The highest BCUT2D eigenvalue weighted by Gasteiger charge is 2.03.